The Kier molecular flexibility index (Phi) is 5.43. The van der Waals surface area contributed by atoms with Gasteiger partial charge in [-0.15, -0.1) is 0 Å². The van der Waals surface area contributed by atoms with Gasteiger partial charge in [0.05, 0.1) is 29.7 Å². The SMILES string of the molecule is O=C(CN1C2CCC1CN(Cc1nc3c(Cl)cc(F)cc3[nH]1)C2)N1CCC(O)CC1. The fourth-order valence-electron chi connectivity index (χ4n) is 5.22. The average molecular weight is 436 g/mol. The first-order valence-electron chi connectivity index (χ1n) is 10.7. The number of piperazine rings is 1. The van der Waals surface area contributed by atoms with Crippen LogP contribution in [0, 0.1) is 5.82 Å². The lowest BCUT2D eigenvalue weighted by atomic mass is 10.1. The molecule has 3 saturated heterocycles. The molecule has 7 nitrogen and oxygen atoms in total. The highest BCUT2D eigenvalue weighted by Crippen LogP contribution is 2.31. The van der Waals surface area contributed by atoms with Crippen LogP contribution >= 0.6 is 11.6 Å². The van der Waals surface area contributed by atoms with Gasteiger partial charge in [0.25, 0.3) is 0 Å². The minimum absolute atomic E-state index is 0.182. The number of aromatic nitrogens is 2. The normalized spacial score (nSPS) is 26.0. The Morgan fingerprint density at radius 2 is 1.90 bits per heavy atom. The molecule has 4 heterocycles. The van der Waals surface area contributed by atoms with Gasteiger partial charge in [-0.3, -0.25) is 14.6 Å². The fraction of sp³-hybridized carbons (Fsp3) is 0.619. The van der Waals surface area contributed by atoms with Gasteiger partial charge in [-0.25, -0.2) is 9.37 Å². The molecule has 5 rings (SSSR count). The lowest BCUT2D eigenvalue weighted by molar-refractivity contribution is -0.136. The molecular formula is C21H27ClFN5O2. The predicted octanol–water partition coefficient (Wildman–Crippen LogP) is 1.99. The van der Waals surface area contributed by atoms with Crippen molar-refractivity contribution in [1.29, 1.82) is 0 Å². The molecule has 1 aromatic carbocycles. The van der Waals surface area contributed by atoms with Crippen molar-refractivity contribution in [2.45, 2.75) is 50.4 Å². The van der Waals surface area contributed by atoms with Gasteiger partial charge in [0.1, 0.15) is 17.2 Å². The van der Waals surface area contributed by atoms with E-state index in [1.807, 2.05) is 4.90 Å². The number of likely N-dealkylation sites (tertiary alicyclic amines) is 2. The number of nitrogens with zero attached hydrogens (tertiary/aromatic N) is 4. The Labute approximate surface area is 179 Å². The summed E-state index contributed by atoms with van der Waals surface area (Å²) in [4.78, 5) is 27.1. The van der Waals surface area contributed by atoms with Crippen LogP contribution in [0.1, 0.15) is 31.5 Å². The molecule has 3 fully saturated rings. The van der Waals surface area contributed by atoms with Crippen LogP contribution < -0.4 is 0 Å². The van der Waals surface area contributed by atoms with Crippen LogP contribution in [-0.4, -0.2) is 86.6 Å². The number of benzene rings is 1. The van der Waals surface area contributed by atoms with Crippen molar-refractivity contribution in [2.24, 2.45) is 0 Å². The molecule has 0 radical (unpaired) electrons. The smallest absolute Gasteiger partial charge is 0.236 e. The lowest BCUT2D eigenvalue weighted by Gasteiger charge is -2.41. The zero-order valence-electron chi connectivity index (χ0n) is 16.9. The van der Waals surface area contributed by atoms with Crippen molar-refractivity contribution >= 4 is 28.5 Å². The summed E-state index contributed by atoms with van der Waals surface area (Å²) in [6.07, 6.45) is 3.29. The molecule has 2 unspecified atom stereocenters. The van der Waals surface area contributed by atoms with Crippen molar-refractivity contribution in [1.82, 2.24) is 24.7 Å². The van der Waals surface area contributed by atoms with Crippen molar-refractivity contribution in [3.8, 4) is 0 Å². The fourth-order valence-corrected chi connectivity index (χ4v) is 5.46. The van der Waals surface area contributed by atoms with E-state index in [-0.39, 0.29) is 17.8 Å². The molecule has 0 saturated carbocycles. The van der Waals surface area contributed by atoms with E-state index in [1.54, 1.807) is 0 Å². The number of amides is 1. The lowest BCUT2D eigenvalue weighted by Crippen LogP contribution is -2.56. The predicted molar refractivity (Wildman–Crippen MR) is 112 cm³/mol. The standard InChI is InChI=1S/C21H27ClFN5O2/c22-17-7-13(23)8-18-21(17)25-19(24-18)11-26-9-14-1-2-15(10-26)28(14)12-20(30)27-5-3-16(29)4-6-27/h7-8,14-16,29H,1-6,9-12H2,(H,24,25). The molecular weight excluding hydrogens is 409 g/mol. The van der Waals surface area contributed by atoms with E-state index in [0.29, 0.717) is 67.2 Å². The van der Waals surface area contributed by atoms with Crippen LogP contribution in [0.25, 0.3) is 11.0 Å². The molecule has 2 bridgehead atoms. The first-order valence-corrected chi connectivity index (χ1v) is 11.1. The number of hydrogen-bond donors (Lipinski definition) is 2. The van der Waals surface area contributed by atoms with Gasteiger partial charge >= 0.3 is 0 Å². The highest BCUT2D eigenvalue weighted by Gasteiger charge is 2.41. The van der Waals surface area contributed by atoms with E-state index in [9.17, 15) is 14.3 Å². The quantitative estimate of drug-likeness (QED) is 0.768. The summed E-state index contributed by atoms with van der Waals surface area (Å²) in [5.41, 5.74) is 1.22. The molecule has 0 aliphatic carbocycles. The van der Waals surface area contributed by atoms with Crippen LogP contribution in [0.3, 0.4) is 0 Å². The monoisotopic (exact) mass is 435 g/mol. The van der Waals surface area contributed by atoms with E-state index in [4.69, 9.17) is 11.6 Å². The second kappa shape index (κ2) is 8.07. The number of aliphatic hydroxyl groups is 1. The zero-order chi connectivity index (χ0) is 20.8. The number of aliphatic hydroxyl groups excluding tert-OH is 1. The number of nitrogens with one attached hydrogen (secondary N) is 1. The maximum absolute atomic E-state index is 13.6. The van der Waals surface area contributed by atoms with E-state index >= 15 is 0 Å². The first-order chi connectivity index (χ1) is 14.5. The number of carbonyl (C=O) groups excluding carboxylic acids is 1. The first kappa shape index (κ1) is 20.2. The van der Waals surface area contributed by atoms with Crippen LogP contribution in [0.4, 0.5) is 4.39 Å². The van der Waals surface area contributed by atoms with Gasteiger partial charge in [0.15, 0.2) is 0 Å². The van der Waals surface area contributed by atoms with Crippen LogP contribution in [-0.2, 0) is 11.3 Å². The van der Waals surface area contributed by atoms with Gasteiger partial charge < -0.3 is 15.0 Å². The van der Waals surface area contributed by atoms with Crippen LogP contribution in [0.5, 0.6) is 0 Å². The van der Waals surface area contributed by atoms with Crippen LogP contribution in [0.2, 0.25) is 5.02 Å². The molecule has 30 heavy (non-hydrogen) atoms. The van der Waals surface area contributed by atoms with Gasteiger partial charge in [0.2, 0.25) is 5.91 Å². The number of aromatic amines is 1. The summed E-state index contributed by atoms with van der Waals surface area (Å²) in [5, 5.41) is 9.98. The summed E-state index contributed by atoms with van der Waals surface area (Å²) in [5.74, 6) is 0.594. The van der Waals surface area contributed by atoms with Crippen LogP contribution in [0.15, 0.2) is 12.1 Å². The molecule has 3 aliphatic rings. The third kappa shape index (κ3) is 3.93. The van der Waals surface area contributed by atoms with Gasteiger partial charge in [0, 0.05) is 38.3 Å². The minimum atomic E-state index is -0.373. The topological polar surface area (TPSA) is 75.7 Å². The molecule has 2 atom stereocenters. The summed E-state index contributed by atoms with van der Waals surface area (Å²) >= 11 is 6.12. The van der Waals surface area contributed by atoms with Gasteiger partial charge in [-0.05, 0) is 37.8 Å². The summed E-state index contributed by atoms with van der Waals surface area (Å²) in [7, 11) is 0. The number of H-pyrrole nitrogens is 1. The van der Waals surface area contributed by atoms with Crippen molar-refractivity contribution in [2.75, 3.05) is 32.7 Å². The molecule has 3 aliphatic heterocycles. The third-order valence-corrected chi connectivity index (χ3v) is 7.06. The average Bonchev–Trinajstić information content (AvgIpc) is 3.19. The second-order valence-electron chi connectivity index (χ2n) is 8.83. The number of fused-ring (bicyclic) bond motifs is 3. The van der Waals surface area contributed by atoms with E-state index in [0.717, 1.165) is 31.8 Å². The third-order valence-electron chi connectivity index (χ3n) is 6.77. The Bertz CT molecular complexity index is 931. The Morgan fingerprint density at radius 1 is 1.20 bits per heavy atom. The number of halogens is 2. The summed E-state index contributed by atoms with van der Waals surface area (Å²) in [6.45, 7) is 4.22. The highest BCUT2D eigenvalue weighted by molar-refractivity contribution is 6.34. The Morgan fingerprint density at radius 3 is 2.60 bits per heavy atom. The maximum Gasteiger partial charge on any atom is 0.236 e. The second-order valence-corrected chi connectivity index (χ2v) is 9.24. The van der Waals surface area contributed by atoms with E-state index in [1.165, 1.54) is 12.1 Å². The molecule has 1 aromatic heterocycles. The maximum atomic E-state index is 13.6. The number of imidazole rings is 1. The molecule has 2 aromatic rings. The number of hydrogen-bond acceptors (Lipinski definition) is 5. The van der Waals surface area contributed by atoms with Crippen molar-refractivity contribution < 1.29 is 14.3 Å². The number of rotatable bonds is 4. The molecule has 1 amide bonds. The van der Waals surface area contributed by atoms with Crippen molar-refractivity contribution in [3.63, 3.8) is 0 Å². The number of carbonyl (C=O) groups is 1. The van der Waals surface area contributed by atoms with Gasteiger partial charge in [-0.1, -0.05) is 11.6 Å². The van der Waals surface area contributed by atoms with E-state index < -0.39 is 0 Å². The van der Waals surface area contributed by atoms with Crippen molar-refractivity contribution in [3.05, 3.63) is 28.8 Å². The van der Waals surface area contributed by atoms with E-state index in [2.05, 4.69) is 19.8 Å². The molecule has 2 N–H and O–H groups in total. The Hall–Kier alpha value is -1.74. The van der Waals surface area contributed by atoms with Gasteiger partial charge in [-0.2, -0.15) is 0 Å². The molecule has 0 spiro atoms. The largest absolute Gasteiger partial charge is 0.393 e. The Balaban J connectivity index is 1.21. The minimum Gasteiger partial charge on any atom is -0.393 e. The number of piperidine rings is 1. The zero-order valence-corrected chi connectivity index (χ0v) is 17.6. The molecule has 162 valence electrons. The summed E-state index contributed by atoms with van der Waals surface area (Å²) < 4.78 is 13.6. The summed E-state index contributed by atoms with van der Waals surface area (Å²) in [6, 6.07) is 3.44. The molecule has 9 heteroatoms. The highest BCUT2D eigenvalue weighted by atomic mass is 35.5.